The molecule has 4 heteroatoms. The molecule has 0 amide bonds. The summed E-state index contributed by atoms with van der Waals surface area (Å²) in [5, 5.41) is 9.27. The number of carbonyl (C=O) groups is 1. The number of hydrogen-bond acceptors (Lipinski definition) is 3. The summed E-state index contributed by atoms with van der Waals surface area (Å²) < 4.78 is 5.12. The molecule has 0 aliphatic rings. The molecule has 0 bridgehead atoms. The van der Waals surface area contributed by atoms with E-state index in [4.69, 9.17) is 0 Å². The van der Waals surface area contributed by atoms with Gasteiger partial charge in [0.25, 0.3) is 6.16 Å². The van der Waals surface area contributed by atoms with Crippen molar-refractivity contribution in [3.8, 4) is 0 Å². The van der Waals surface area contributed by atoms with Crippen LogP contribution in [0.4, 0.5) is 4.79 Å². The minimum Gasteiger partial charge on any atom is -0.550 e. The van der Waals surface area contributed by atoms with Crippen LogP contribution in [0.1, 0.15) is 34.6 Å². The number of hydrogen-bond donors (Lipinski definition) is 0. The van der Waals surface area contributed by atoms with E-state index < -0.39 is 6.16 Å². The van der Waals surface area contributed by atoms with Gasteiger partial charge in [-0.3, -0.25) is 0 Å². The van der Waals surface area contributed by atoms with Gasteiger partial charge in [0.15, 0.2) is 0 Å². The topological polar surface area (TPSA) is 49.4 Å². The highest BCUT2D eigenvalue weighted by atomic mass is 16.7. The molecular weight excluding hydrogens is 194 g/mol. The minimum absolute atomic E-state index is 0.169. The Morgan fingerprint density at radius 2 is 1.33 bits per heavy atom. The van der Waals surface area contributed by atoms with Crippen LogP contribution < -0.4 is 5.11 Å². The lowest BCUT2D eigenvalue weighted by Gasteiger charge is -2.34. The van der Waals surface area contributed by atoms with Gasteiger partial charge in [0.05, 0.1) is 26.2 Å². The normalized spacial score (nSPS) is 10.2. The minimum atomic E-state index is -1.46. The van der Waals surface area contributed by atoms with Crippen LogP contribution in [0.15, 0.2) is 0 Å². The molecule has 0 aliphatic heterocycles. The van der Waals surface area contributed by atoms with Gasteiger partial charge in [-0.1, -0.05) is 0 Å². The zero-order valence-electron chi connectivity index (χ0n) is 10.7. The van der Waals surface area contributed by atoms with Crippen molar-refractivity contribution in [2.75, 3.05) is 32.8 Å². The summed E-state index contributed by atoms with van der Waals surface area (Å²) in [6.07, 6.45) is -1.46. The third-order valence-electron chi connectivity index (χ3n) is 2.95. The van der Waals surface area contributed by atoms with Gasteiger partial charge >= 0.3 is 0 Å². The van der Waals surface area contributed by atoms with E-state index in [0.717, 1.165) is 0 Å². The maximum Gasteiger partial charge on any atom is 0.251 e. The summed E-state index contributed by atoms with van der Waals surface area (Å²) >= 11 is 0. The average Bonchev–Trinajstić information content (AvgIpc) is 2.23. The molecule has 0 spiro atoms. The van der Waals surface area contributed by atoms with Crippen LogP contribution in [0.3, 0.4) is 0 Å². The molecule has 92 valence electrons. The third-order valence-corrected chi connectivity index (χ3v) is 2.95. The zero-order chi connectivity index (χ0) is 12.3. The highest BCUT2D eigenvalue weighted by Crippen LogP contribution is 2.03. The smallest absolute Gasteiger partial charge is 0.251 e. The first-order valence-corrected chi connectivity index (χ1v) is 5.70. The number of carboxylic acid groups (broad SMARTS) is 1. The summed E-state index contributed by atoms with van der Waals surface area (Å²) in [6, 6.07) is 0. The van der Waals surface area contributed by atoms with E-state index in [2.05, 4.69) is 32.4 Å². The quantitative estimate of drug-likeness (QED) is 0.516. The Kier molecular flexibility index (Phi) is 10.8. The summed E-state index contributed by atoms with van der Waals surface area (Å²) in [7, 11) is 0. The van der Waals surface area contributed by atoms with Crippen molar-refractivity contribution in [2.45, 2.75) is 34.6 Å². The van der Waals surface area contributed by atoms with Crippen LogP contribution in [0, 0.1) is 0 Å². The van der Waals surface area contributed by atoms with Gasteiger partial charge in [0.2, 0.25) is 0 Å². The molecule has 0 aromatic carbocycles. The summed E-state index contributed by atoms with van der Waals surface area (Å²) in [6.45, 7) is 16.0. The molecule has 15 heavy (non-hydrogen) atoms. The molecule has 0 aliphatic carbocycles. The van der Waals surface area contributed by atoms with Crippen molar-refractivity contribution in [3.05, 3.63) is 0 Å². The molecule has 0 saturated heterocycles. The van der Waals surface area contributed by atoms with Gasteiger partial charge in [-0.2, -0.15) is 0 Å². The van der Waals surface area contributed by atoms with E-state index in [0.29, 0.717) is 0 Å². The molecule has 0 fully saturated rings. The molecule has 0 saturated carbocycles. The van der Waals surface area contributed by atoms with Gasteiger partial charge < -0.3 is 19.1 Å². The third kappa shape index (κ3) is 8.24. The molecule has 0 heterocycles. The molecule has 0 aromatic rings. The number of carbonyl (C=O) groups excluding carboxylic acids is 1. The second-order valence-electron chi connectivity index (χ2n) is 3.29. The summed E-state index contributed by atoms with van der Waals surface area (Å²) in [5.74, 6) is 0. The molecule has 0 unspecified atom stereocenters. The van der Waals surface area contributed by atoms with E-state index >= 15 is 0 Å². The number of nitrogens with zero attached hydrogens (tertiary/aromatic N) is 1. The van der Waals surface area contributed by atoms with E-state index in [9.17, 15) is 9.90 Å². The Morgan fingerprint density at radius 3 is 1.33 bits per heavy atom. The maximum atomic E-state index is 9.27. The fourth-order valence-electron chi connectivity index (χ4n) is 1.46. The van der Waals surface area contributed by atoms with Gasteiger partial charge in [0.1, 0.15) is 0 Å². The van der Waals surface area contributed by atoms with E-state index in [1.807, 2.05) is 0 Å². The van der Waals surface area contributed by atoms with Gasteiger partial charge in [-0.05, 0) is 34.6 Å². The molecule has 0 N–H and O–H groups in total. The highest BCUT2D eigenvalue weighted by Gasteiger charge is 2.16. The number of quaternary nitrogens is 1. The van der Waals surface area contributed by atoms with Crippen LogP contribution in [0.5, 0.6) is 0 Å². The number of ether oxygens (including phenoxy) is 1. The Bertz CT molecular complexity index is 138. The van der Waals surface area contributed by atoms with Crippen LogP contribution in [0.25, 0.3) is 0 Å². The van der Waals surface area contributed by atoms with Crippen molar-refractivity contribution in [1.29, 1.82) is 0 Å². The van der Waals surface area contributed by atoms with Crippen molar-refractivity contribution in [3.63, 3.8) is 0 Å². The van der Waals surface area contributed by atoms with Crippen LogP contribution in [0.2, 0.25) is 0 Å². The predicted octanol–water partition coefficient (Wildman–Crippen LogP) is 1.25. The Morgan fingerprint density at radius 1 is 1.00 bits per heavy atom. The lowest BCUT2D eigenvalue weighted by molar-refractivity contribution is -0.921. The van der Waals surface area contributed by atoms with Crippen molar-refractivity contribution >= 4 is 6.16 Å². The first-order chi connectivity index (χ1) is 7.01. The van der Waals surface area contributed by atoms with Gasteiger partial charge in [-0.25, -0.2) is 0 Å². The Labute approximate surface area is 93.4 Å². The standard InChI is InChI=1S/C8H20N.C3H6O3/c1-5-9(6-2,7-3)8-4;1-2-6-3(4)5/h5-8H2,1-4H3;2H2,1H3,(H,4,5)/q+1;/p-1. The first kappa shape index (κ1) is 16.7. The van der Waals surface area contributed by atoms with Gasteiger partial charge in [-0.15, -0.1) is 0 Å². The van der Waals surface area contributed by atoms with Crippen LogP contribution >= 0.6 is 0 Å². The molecule has 0 atom stereocenters. The van der Waals surface area contributed by atoms with E-state index in [1.165, 1.54) is 30.7 Å². The lowest BCUT2D eigenvalue weighted by atomic mass is 10.3. The molecule has 0 aromatic heterocycles. The van der Waals surface area contributed by atoms with Crippen molar-refractivity contribution < 1.29 is 19.1 Å². The van der Waals surface area contributed by atoms with Gasteiger partial charge in [0, 0.05) is 6.61 Å². The summed E-state index contributed by atoms with van der Waals surface area (Å²) in [5.41, 5.74) is 0. The second kappa shape index (κ2) is 9.77. The zero-order valence-corrected chi connectivity index (χ0v) is 10.7. The average molecular weight is 219 g/mol. The van der Waals surface area contributed by atoms with Crippen LogP contribution in [-0.2, 0) is 4.74 Å². The summed E-state index contributed by atoms with van der Waals surface area (Å²) in [4.78, 5) is 9.27. The van der Waals surface area contributed by atoms with E-state index in [-0.39, 0.29) is 6.61 Å². The molecule has 4 nitrogen and oxygen atoms in total. The van der Waals surface area contributed by atoms with Crippen molar-refractivity contribution in [1.82, 2.24) is 0 Å². The Balaban J connectivity index is 0. The largest absolute Gasteiger partial charge is 0.550 e. The number of rotatable bonds is 5. The fraction of sp³-hybridized carbons (Fsp3) is 0.909. The van der Waals surface area contributed by atoms with E-state index in [1.54, 1.807) is 6.92 Å². The van der Waals surface area contributed by atoms with Crippen LogP contribution in [-0.4, -0.2) is 43.4 Å². The van der Waals surface area contributed by atoms with Crippen molar-refractivity contribution in [2.24, 2.45) is 0 Å². The highest BCUT2D eigenvalue weighted by molar-refractivity contribution is 5.53. The Hall–Kier alpha value is -0.770. The monoisotopic (exact) mass is 219 g/mol. The lowest BCUT2D eigenvalue weighted by Crippen LogP contribution is -2.47. The molecular formula is C11H25NO3. The molecule has 0 radical (unpaired) electrons. The molecule has 0 rings (SSSR count). The SMILES string of the molecule is CCOC(=O)[O-].CC[N+](CC)(CC)CC. The first-order valence-electron chi connectivity index (χ1n) is 5.70. The second-order valence-corrected chi connectivity index (χ2v) is 3.29. The maximum absolute atomic E-state index is 9.27. The fourth-order valence-corrected chi connectivity index (χ4v) is 1.46. The predicted molar refractivity (Wildman–Crippen MR) is 59.4 cm³/mol.